The second-order valence-electron chi connectivity index (χ2n) is 4.56. The third-order valence-electron chi connectivity index (χ3n) is 3.13. The number of rotatable bonds is 7. The molecule has 0 saturated heterocycles. The van der Waals surface area contributed by atoms with Crippen LogP contribution < -0.4 is 4.74 Å². The predicted octanol–water partition coefficient (Wildman–Crippen LogP) is 2.74. The number of benzene rings is 1. The number of hydrogen-bond acceptors (Lipinski definition) is 4. The van der Waals surface area contributed by atoms with Crippen molar-refractivity contribution in [2.24, 2.45) is 0 Å². The van der Waals surface area contributed by atoms with Crippen LogP contribution in [0.4, 0.5) is 0 Å². The van der Waals surface area contributed by atoms with Crippen LogP contribution in [0.5, 0.6) is 5.75 Å². The SMILES string of the molecule is COCC(C)N(C)S(=O)(=O)c1cc(Cl)cc(CCl)c1OC. The first kappa shape index (κ1) is 18.5. The zero-order valence-electron chi connectivity index (χ0n) is 12.4. The lowest BCUT2D eigenvalue weighted by Crippen LogP contribution is -2.38. The minimum Gasteiger partial charge on any atom is -0.495 e. The molecule has 1 aromatic carbocycles. The summed E-state index contributed by atoms with van der Waals surface area (Å²) < 4.78 is 36.9. The van der Waals surface area contributed by atoms with Crippen LogP contribution in [0.15, 0.2) is 17.0 Å². The fourth-order valence-corrected chi connectivity index (χ4v) is 3.96. The summed E-state index contributed by atoms with van der Waals surface area (Å²) in [5, 5.41) is 0.290. The Hall–Kier alpha value is -0.530. The molecule has 0 amide bonds. The summed E-state index contributed by atoms with van der Waals surface area (Å²) in [6.45, 7) is 2.03. The van der Waals surface area contributed by atoms with Crippen molar-refractivity contribution in [3.05, 3.63) is 22.7 Å². The molecule has 5 nitrogen and oxygen atoms in total. The summed E-state index contributed by atoms with van der Waals surface area (Å²) in [7, 11) is 0.629. The van der Waals surface area contributed by atoms with Gasteiger partial charge in [-0.15, -0.1) is 11.6 Å². The van der Waals surface area contributed by atoms with E-state index in [0.717, 1.165) is 0 Å². The van der Waals surface area contributed by atoms with Crippen molar-refractivity contribution in [2.45, 2.75) is 23.7 Å². The van der Waals surface area contributed by atoms with Crippen molar-refractivity contribution in [1.29, 1.82) is 0 Å². The Morgan fingerprint density at radius 2 is 1.95 bits per heavy atom. The fraction of sp³-hybridized carbons (Fsp3) is 0.538. The van der Waals surface area contributed by atoms with E-state index in [2.05, 4.69) is 0 Å². The van der Waals surface area contributed by atoms with Gasteiger partial charge in [0, 0.05) is 30.8 Å². The van der Waals surface area contributed by atoms with E-state index < -0.39 is 10.0 Å². The number of nitrogens with zero attached hydrogens (tertiary/aromatic N) is 1. The highest BCUT2D eigenvalue weighted by molar-refractivity contribution is 7.89. The summed E-state index contributed by atoms with van der Waals surface area (Å²) in [6, 6.07) is 2.62. The molecule has 8 heteroatoms. The van der Waals surface area contributed by atoms with Gasteiger partial charge in [0.25, 0.3) is 0 Å². The largest absolute Gasteiger partial charge is 0.495 e. The zero-order chi connectivity index (χ0) is 16.2. The van der Waals surface area contributed by atoms with Gasteiger partial charge in [-0.05, 0) is 19.1 Å². The molecule has 1 unspecified atom stereocenters. The van der Waals surface area contributed by atoms with Gasteiger partial charge in [-0.25, -0.2) is 8.42 Å². The normalized spacial score (nSPS) is 13.5. The third kappa shape index (κ3) is 4.02. The van der Waals surface area contributed by atoms with Gasteiger partial charge < -0.3 is 9.47 Å². The topological polar surface area (TPSA) is 55.8 Å². The van der Waals surface area contributed by atoms with E-state index in [0.29, 0.717) is 5.56 Å². The number of likely N-dealkylation sites (N-methyl/N-ethyl adjacent to an activating group) is 1. The summed E-state index contributed by atoms with van der Waals surface area (Å²) in [6.07, 6.45) is 0. The number of alkyl halides is 1. The first-order valence-corrected chi connectivity index (χ1v) is 8.54. The van der Waals surface area contributed by atoms with E-state index in [1.165, 1.54) is 31.6 Å². The van der Waals surface area contributed by atoms with Crippen molar-refractivity contribution < 1.29 is 17.9 Å². The number of ether oxygens (including phenoxy) is 2. The van der Waals surface area contributed by atoms with E-state index >= 15 is 0 Å². The summed E-state index contributed by atoms with van der Waals surface area (Å²) in [5.41, 5.74) is 0.526. The first-order chi connectivity index (χ1) is 9.79. The molecule has 1 atom stereocenters. The number of methoxy groups -OCH3 is 2. The van der Waals surface area contributed by atoms with Gasteiger partial charge in [0.15, 0.2) is 0 Å². The highest BCUT2D eigenvalue weighted by Crippen LogP contribution is 2.34. The van der Waals surface area contributed by atoms with Crippen molar-refractivity contribution >= 4 is 33.2 Å². The van der Waals surface area contributed by atoms with Crippen LogP contribution in [0.3, 0.4) is 0 Å². The second-order valence-corrected chi connectivity index (χ2v) is 7.23. The van der Waals surface area contributed by atoms with Crippen LogP contribution in [0.1, 0.15) is 12.5 Å². The molecule has 120 valence electrons. The molecule has 0 radical (unpaired) electrons. The molecular formula is C13H19Cl2NO4S. The molecule has 1 rings (SSSR count). The van der Waals surface area contributed by atoms with Crippen molar-refractivity contribution in [3.63, 3.8) is 0 Å². The van der Waals surface area contributed by atoms with Crippen molar-refractivity contribution in [2.75, 3.05) is 27.9 Å². The van der Waals surface area contributed by atoms with E-state index in [1.807, 2.05) is 0 Å². The monoisotopic (exact) mass is 355 g/mol. The van der Waals surface area contributed by atoms with E-state index in [1.54, 1.807) is 13.0 Å². The number of halogens is 2. The maximum Gasteiger partial charge on any atom is 0.246 e. The minimum atomic E-state index is -3.77. The van der Waals surface area contributed by atoms with Gasteiger partial charge in [-0.2, -0.15) is 4.31 Å². The Balaban J connectivity index is 3.40. The van der Waals surface area contributed by atoms with E-state index in [-0.39, 0.29) is 34.2 Å². The maximum absolute atomic E-state index is 12.7. The van der Waals surface area contributed by atoms with Gasteiger partial charge in [0.05, 0.1) is 19.6 Å². The smallest absolute Gasteiger partial charge is 0.246 e. The molecule has 0 aromatic heterocycles. The fourth-order valence-electron chi connectivity index (χ4n) is 1.88. The predicted molar refractivity (Wildman–Crippen MR) is 83.8 cm³/mol. The molecule has 0 spiro atoms. The number of hydrogen-bond donors (Lipinski definition) is 0. The maximum atomic E-state index is 12.7. The Morgan fingerprint density at radius 3 is 2.43 bits per heavy atom. The Labute approximate surface area is 135 Å². The Kier molecular flexibility index (Phi) is 6.74. The van der Waals surface area contributed by atoms with Crippen LogP contribution >= 0.6 is 23.2 Å². The van der Waals surface area contributed by atoms with Crippen LogP contribution in [0, 0.1) is 0 Å². The Morgan fingerprint density at radius 1 is 1.33 bits per heavy atom. The molecule has 1 aromatic rings. The van der Waals surface area contributed by atoms with Crippen LogP contribution in [0.25, 0.3) is 0 Å². The molecule has 0 aliphatic heterocycles. The number of sulfonamides is 1. The lowest BCUT2D eigenvalue weighted by Gasteiger charge is -2.25. The zero-order valence-corrected chi connectivity index (χ0v) is 14.7. The Bertz CT molecular complexity index is 592. The summed E-state index contributed by atoms with van der Waals surface area (Å²) >= 11 is 11.8. The van der Waals surface area contributed by atoms with Crippen LogP contribution in [-0.4, -0.2) is 46.6 Å². The molecule has 0 fully saturated rings. The average Bonchev–Trinajstić information content (AvgIpc) is 2.45. The molecular weight excluding hydrogens is 337 g/mol. The van der Waals surface area contributed by atoms with Gasteiger partial charge >= 0.3 is 0 Å². The summed E-state index contributed by atoms with van der Waals surface area (Å²) in [4.78, 5) is -0.00129. The van der Waals surface area contributed by atoms with Gasteiger partial charge in [0.1, 0.15) is 10.6 Å². The lowest BCUT2D eigenvalue weighted by molar-refractivity contribution is 0.149. The van der Waals surface area contributed by atoms with Gasteiger partial charge in [-0.1, -0.05) is 11.6 Å². The highest BCUT2D eigenvalue weighted by atomic mass is 35.5. The lowest BCUT2D eigenvalue weighted by atomic mass is 10.2. The van der Waals surface area contributed by atoms with Crippen molar-refractivity contribution in [1.82, 2.24) is 4.31 Å². The highest BCUT2D eigenvalue weighted by Gasteiger charge is 2.30. The first-order valence-electron chi connectivity index (χ1n) is 6.18. The molecule has 0 heterocycles. The van der Waals surface area contributed by atoms with Crippen LogP contribution in [-0.2, 0) is 20.6 Å². The average molecular weight is 356 g/mol. The van der Waals surface area contributed by atoms with E-state index in [9.17, 15) is 8.42 Å². The second kappa shape index (κ2) is 7.65. The molecule has 0 N–H and O–H groups in total. The molecule has 0 bridgehead atoms. The molecule has 0 saturated carbocycles. The molecule has 0 aliphatic rings. The summed E-state index contributed by atoms with van der Waals surface area (Å²) in [5.74, 6) is 0.315. The van der Waals surface area contributed by atoms with Crippen LogP contribution in [0.2, 0.25) is 5.02 Å². The minimum absolute atomic E-state index is 0.00129. The third-order valence-corrected chi connectivity index (χ3v) is 5.61. The van der Waals surface area contributed by atoms with E-state index in [4.69, 9.17) is 32.7 Å². The van der Waals surface area contributed by atoms with Gasteiger partial charge in [0.2, 0.25) is 10.0 Å². The van der Waals surface area contributed by atoms with Crippen molar-refractivity contribution in [3.8, 4) is 5.75 Å². The molecule has 0 aliphatic carbocycles. The standard InChI is InChI=1S/C13H19Cl2NO4S/c1-9(8-19-3)16(2)21(17,18)12-6-11(15)5-10(7-14)13(12)20-4/h5-6,9H,7-8H2,1-4H3. The molecule has 21 heavy (non-hydrogen) atoms. The van der Waals surface area contributed by atoms with Gasteiger partial charge in [-0.3, -0.25) is 0 Å². The quantitative estimate of drug-likeness (QED) is 0.705.